The number of hydrogen-bond acceptors (Lipinski definition) is 3. The number of ether oxygens (including phenoxy) is 2. The minimum atomic E-state index is -0.338. The molecule has 0 aliphatic heterocycles. The predicted octanol–water partition coefficient (Wildman–Crippen LogP) is 3.30. The molecule has 0 unspecified atom stereocenters. The van der Waals surface area contributed by atoms with E-state index in [9.17, 15) is 9.18 Å². The van der Waals surface area contributed by atoms with Crippen LogP contribution in [-0.4, -0.2) is 31.7 Å². The Morgan fingerprint density at radius 2 is 1.88 bits per heavy atom. The molecule has 1 heterocycles. The molecule has 1 aromatic heterocycles. The number of rotatable bonds is 6. The summed E-state index contributed by atoms with van der Waals surface area (Å²) in [6, 6.07) is 11.7. The number of amides is 1. The molecule has 0 atom stereocenters. The van der Waals surface area contributed by atoms with Crippen LogP contribution >= 0.6 is 0 Å². The second kappa shape index (κ2) is 7.25. The molecule has 130 valence electrons. The van der Waals surface area contributed by atoms with E-state index >= 15 is 0 Å². The molecule has 0 saturated carbocycles. The summed E-state index contributed by atoms with van der Waals surface area (Å²) in [4.78, 5) is 15.2. The fourth-order valence-electron chi connectivity index (χ4n) is 2.67. The summed E-state index contributed by atoms with van der Waals surface area (Å²) in [5, 5.41) is 3.65. The van der Waals surface area contributed by atoms with Crippen molar-refractivity contribution in [3.63, 3.8) is 0 Å². The Bertz CT molecular complexity index is 905. The van der Waals surface area contributed by atoms with E-state index in [0.29, 0.717) is 35.7 Å². The van der Waals surface area contributed by atoms with Crippen molar-refractivity contribution in [3.05, 3.63) is 59.5 Å². The molecule has 3 aromatic rings. The van der Waals surface area contributed by atoms with Crippen LogP contribution < -0.4 is 14.8 Å². The number of carbonyl (C=O) groups excluding carboxylic acids is 1. The largest absolute Gasteiger partial charge is 0.493 e. The Labute approximate surface area is 144 Å². The molecular weight excluding hydrogens is 323 g/mol. The van der Waals surface area contributed by atoms with Crippen molar-refractivity contribution in [2.45, 2.75) is 6.42 Å². The van der Waals surface area contributed by atoms with Crippen LogP contribution in [-0.2, 0) is 6.42 Å². The summed E-state index contributed by atoms with van der Waals surface area (Å²) >= 11 is 0. The first kappa shape index (κ1) is 16.8. The zero-order valence-electron chi connectivity index (χ0n) is 14.1. The zero-order chi connectivity index (χ0) is 17.8. The van der Waals surface area contributed by atoms with E-state index in [1.165, 1.54) is 12.1 Å². The van der Waals surface area contributed by atoms with Gasteiger partial charge in [0.05, 0.1) is 14.2 Å². The van der Waals surface area contributed by atoms with Gasteiger partial charge in [-0.2, -0.15) is 0 Å². The number of halogens is 1. The van der Waals surface area contributed by atoms with Gasteiger partial charge in [0.2, 0.25) is 0 Å². The summed E-state index contributed by atoms with van der Waals surface area (Å²) in [5.74, 6) is 0.761. The number of benzene rings is 2. The highest BCUT2D eigenvalue weighted by Crippen LogP contribution is 2.27. The van der Waals surface area contributed by atoms with Crippen LogP contribution in [0.4, 0.5) is 4.39 Å². The van der Waals surface area contributed by atoms with Gasteiger partial charge in [-0.25, -0.2) is 4.39 Å². The molecule has 25 heavy (non-hydrogen) atoms. The fraction of sp³-hybridized carbons (Fsp3) is 0.211. The number of hydrogen-bond donors (Lipinski definition) is 2. The van der Waals surface area contributed by atoms with E-state index in [2.05, 4.69) is 10.3 Å². The Kier molecular flexibility index (Phi) is 4.88. The molecular formula is C19H19FN2O3. The molecule has 3 rings (SSSR count). The lowest BCUT2D eigenvalue weighted by molar-refractivity contribution is 0.0950. The first-order chi connectivity index (χ1) is 12.1. The number of methoxy groups -OCH3 is 2. The van der Waals surface area contributed by atoms with Crippen LogP contribution in [0.2, 0.25) is 0 Å². The van der Waals surface area contributed by atoms with Gasteiger partial charge >= 0.3 is 0 Å². The Morgan fingerprint density at radius 1 is 1.08 bits per heavy atom. The van der Waals surface area contributed by atoms with Gasteiger partial charge in [0.1, 0.15) is 11.5 Å². The smallest absolute Gasteiger partial charge is 0.267 e. The number of H-pyrrole nitrogens is 1. The van der Waals surface area contributed by atoms with Crippen LogP contribution in [0.3, 0.4) is 0 Å². The van der Waals surface area contributed by atoms with Gasteiger partial charge in [-0.1, -0.05) is 6.07 Å². The lowest BCUT2D eigenvalue weighted by atomic mass is 10.1. The third kappa shape index (κ3) is 3.74. The van der Waals surface area contributed by atoms with Gasteiger partial charge in [0, 0.05) is 17.4 Å². The second-order valence-electron chi connectivity index (χ2n) is 5.61. The predicted molar refractivity (Wildman–Crippen MR) is 93.8 cm³/mol. The highest BCUT2D eigenvalue weighted by Gasteiger charge is 2.10. The molecule has 5 nitrogen and oxygen atoms in total. The Morgan fingerprint density at radius 3 is 2.64 bits per heavy atom. The molecule has 2 aromatic carbocycles. The standard InChI is InChI=1S/C19H19FN2O3/c1-24-17-6-3-12(9-18(17)25-2)7-8-21-19(23)16-10-13-4-5-14(20)11-15(13)22-16/h3-6,9-11,22H,7-8H2,1-2H3,(H,21,23). The minimum absolute atomic E-state index is 0.225. The van der Waals surface area contributed by atoms with Crippen molar-refractivity contribution >= 4 is 16.8 Å². The maximum absolute atomic E-state index is 13.2. The van der Waals surface area contributed by atoms with E-state index < -0.39 is 0 Å². The molecule has 0 fully saturated rings. The van der Waals surface area contributed by atoms with Crippen molar-refractivity contribution < 1.29 is 18.7 Å². The number of aromatic amines is 1. The van der Waals surface area contributed by atoms with Crippen molar-refractivity contribution in [2.24, 2.45) is 0 Å². The highest BCUT2D eigenvalue weighted by molar-refractivity contribution is 5.97. The average molecular weight is 342 g/mol. The summed E-state index contributed by atoms with van der Waals surface area (Å²) < 4.78 is 23.7. The lowest BCUT2D eigenvalue weighted by Crippen LogP contribution is -2.25. The van der Waals surface area contributed by atoms with E-state index in [0.717, 1.165) is 10.9 Å². The number of fused-ring (bicyclic) bond motifs is 1. The van der Waals surface area contributed by atoms with E-state index in [1.54, 1.807) is 26.4 Å². The van der Waals surface area contributed by atoms with Crippen molar-refractivity contribution in [2.75, 3.05) is 20.8 Å². The van der Waals surface area contributed by atoms with Gasteiger partial charge in [-0.3, -0.25) is 4.79 Å². The number of aromatic nitrogens is 1. The van der Waals surface area contributed by atoms with Crippen molar-refractivity contribution in [1.82, 2.24) is 10.3 Å². The van der Waals surface area contributed by atoms with Crippen LogP contribution in [0.5, 0.6) is 11.5 Å². The third-order valence-electron chi connectivity index (χ3n) is 3.98. The summed E-state index contributed by atoms with van der Waals surface area (Å²) in [6.45, 7) is 0.470. The molecule has 0 aliphatic carbocycles. The molecule has 6 heteroatoms. The Hall–Kier alpha value is -3.02. The minimum Gasteiger partial charge on any atom is -0.493 e. The first-order valence-corrected chi connectivity index (χ1v) is 7.88. The van der Waals surface area contributed by atoms with Crippen LogP contribution in [0.1, 0.15) is 16.1 Å². The molecule has 0 aliphatic rings. The van der Waals surface area contributed by atoms with E-state index in [4.69, 9.17) is 9.47 Å². The lowest BCUT2D eigenvalue weighted by Gasteiger charge is -2.10. The monoisotopic (exact) mass is 342 g/mol. The third-order valence-corrected chi connectivity index (χ3v) is 3.98. The summed E-state index contributed by atoms with van der Waals surface area (Å²) in [6.07, 6.45) is 0.654. The maximum Gasteiger partial charge on any atom is 0.267 e. The fourth-order valence-corrected chi connectivity index (χ4v) is 2.67. The summed E-state index contributed by atoms with van der Waals surface area (Å²) in [5.41, 5.74) is 2.04. The second-order valence-corrected chi connectivity index (χ2v) is 5.61. The van der Waals surface area contributed by atoms with Crippen LogP contribution in [0.15, 0.2) is 42.5 Å². The van der Waals surface area contributed by atoms with Crippen LogP contribution in [0, 0.1) is 5.82 Å². The molecule has 0 bridgehead atoms. The van der Waals surface area contributed by atoms with Crippen molar-refractivity contribution in [1.29, 1.82) is 0 Å². The Balaban J connectivity index is 1.62. The molecule has 0 saturated heterocycles. The number of carbonyl (C=O) groups is 1. The number of nitrogens with one attached hydrogen (secondary N) is 2. The van der Waals surface area contributed by atoms with E-state index in [1.807, 2.05) is 18.2 Å². The van der Waals surface area contributed by atoms with Gasteiger partial charge in [0.15, 0.2) is 11.5 Å². The molecule has 0 spiro atoms. The van der Waals surface area contributed by atoms with E-state index in [-0.39, 0.29) is 11.7 Å². The van der Waals surface area contributed by atoms with Crippen LogP contribution in [0.25, 0.3) is 10.9 Å². The topological polar surface area (TPSA) is 63.3 Å². The zero-order valence-corrected chi connectivity index (χ0v) is 14.1. The SMILES string of the molecule is COc1ccc(CCNC(=O)c2cc3ccc(F)cc3[nH]2)cc1OC. The molecule has 0 radical (unpaired) electrons. The van der Waals surface area contributed by atoms with Crippen molar-refractivity contribution in [3.8, 4) is 11.5 Å². The maximum atomic E-state index is 13.2. The summed E-state index contributed by atoms with van der Waals surface area (Å²) in [7, 11) is 3.17. The first-order valence-electron chi connectivity index (χ1n) is 7.88. The highest BCUT2D eigenvalue weighted by atomic mass is 19.1. The normalized spacial score (nSPS) is 10.7. The quantitative estimate of drug-likeness (QED) is 0.722. The van der Waals surface area contributed by atoms with Gasteiger partial charge in [-0.05, 0) is 48.4 Å². The van der Waals surface area contributed by atoms with Gasteiger partial charge in [-0.15, -0.1) is 0 Å². The van der Waals surface area contributed by atoms with Gasteiger partial charge < -0.3 is 19.8 Å². The average Bonchev–Trinajstić information content (AvgIpc) is 3.04. The molecule has 2 N–H and O–H groups in total. The molecule has 1 amide bonds. The van der Waals surface area contributed by atoms with Gasteiger partial charge in [0.25, 0.3) is 5.91 Å².